The predicted octanol–water partition coefficient (Wildman–Crippen LogP) is 4.68. The van der Waals surface area contributed by atoms with Crippen LogP contribution in [0.4, 0.5) is 8.78 Å². The van der Waals surface area contributed by atoms with Crippen LogP contribution < -0.4 is 4.74 Å². The van der Waals surface area contributed by atoms with Crippen LogP contribution in [0.2, 0.25) is 0 Å². The van der Waals surface area contributed by atoms with Crippen LogP contribution in [0.5, 0.6) is 5.75 Å². The molecule has 0 unspecified atom stereocenters. The smallest absolute Gasteiger partial charge is 0.387 e. The number of hydrogen-bond acceptors (Lipinski definition) is 2. The molecule has 0 saturated heterocycles. The highest BCUT2D eigenvalue weighted by molar-refractivity contribution is 9.10. The zero-order valence-corrected chi connectivity index (χ0v) is 13.2. The Kier molecular flexibility index (Phi) is 5.70. The molecule has 0 fully saturated rings. The molecule has 2 nitrogen and oxygen atoms in total. The second-order valence-corrected chi connectivity index (χ2v) is 5.74. The predicted molar refractivity (Wildman–Crippen MR) is 82.4 cm³/mol. The Hall–Kier alpha value is -1.46. The standard InChI is InChI=1S/C16H16BrF2NO/c1-20(10-12-5-7-14(17)8-6-12)11-13-3-2-4-15(9-13)21-16(18)19/h2-9,16H,10-11H2,1H3. The molecule has 0 aliphatic heterocycles. The summed E-state index contributed by atoms with van der Waals surface area (Å²) in [5, 5.41) is 0. The van der Waals surface area contributed by atoms with Gasteiger partial charge in [-0.1, -0.05) is 40.2 Å². The molecule has 0 aromatic heterocycles. The maximum atomic E-state index is 12.2. The van der Waals surface area contributed by atoms with Crippen molar-refractivity contribution < 1.29 is 13.5 Å². The molecule has 21 heavy (non-hydrogen) atoms. The summed E-state index contributed by atoms with van der Waals surface area (Å²) in [4.78, 5) is 2.12. The topological polar surface area (TPSA) is 12.5 Å². The van der Waals surface area contributed by atoms with Gasteiger partial charge < -0.3 is 4.74 Å². The second-order valence-electron chi connectivity index (χ2n) is 4.82. The average molecular weight is 356 g/mol. The Bertz CT molecular complexity index is 575. The minimum absolute atomic E-state index is 0.194. The van der Waals surface area contributed by atoms with Gasteiger partial charge in [-0.2, -0.15) is 8.78 Å². The number of alkyl halides is 2. The van der Waals surface area contributed by atoms with E-state index in [1.165, 1.54) is 11.6 Å². The monoisotopic (exact) mass is 355 g/mol. The highest BCUT2D eigenvalue weighted by atomic mass is 79.9. The number of ether oxygens (including phenoxy) is 1. The van der Waals surface area contributed by atoms with Gasteiger partial charge in [0.25, 0.3) is 0 Å². The SMILES string of the molecule is CN(Cc1ccc(Br)cc1)Cc1cccc(OC(F)F)c1. The maximum Gasteiger partial charge on any atom is 0.387 e. The van der Waals surface area contributed by atoms with Crippen LogP contribution in [-0.4, -0.2) is 18.6 Å². The van der Waals surface area contributed by atoms with Gasteiger partial charge in [-0.25, -0.2) is 0 Å². The maximum absolute atomic E-state index is 12.2. The average Bonchev–Trinajstić information content (AvgIpc) is 2.41. The van der Waals surface area contributed by atoms with Gasteiger partial charge >= 0.3 is 6.61 Å². The molecule has 5 heteroatoms. The van der Waals surface area contributed by atoms with Gasteiger partial charge in [-0.15, -0.1) is 0 Å². The molecule has 0 aliphatic carbocycles. The van der Waals surface area contributed by atoms with E-state index in [9.17, 15) is 8.78 Å². The van der Waals surface area contributed by atoms with Crippen LogP contribution in [0.15, 0.2) is 53.0 Å². The van der Waals surface area contributed by atoms with E-state index in [4.69, 9.17) is 0 Å². The number of rotatable bonds is 6. The fourth-order valence-corrected chi connectivity index (χ4v) is 2.35. The van der Waals surface area contributed by atoms with E-state index in [-0.39, 0.29) is 5.75 Å². The molecule has 0 atom stereocenters. The fraction of sp³-hybridized carbons (Fsp3) is 0.250. The number of benzene rings is 2. The molecule has 0 saturated carbocycles. The normalized spacial score (nSPS) is 11.1. The third kappa shape index (κ3) is 5.44. The molecule has 0 heterocycles. The summed E-state index contributed by atoms with van der Waals surface area (Å²) >= 11 is 3.40. The summed E-state index contributed by atoms with van der Waals surface area (Å²) in [5.74, 6) is 0.194. The first-order valence-corrected chi connectivity index (χ1v) is 7.29. The first-order chi connectivity index (χ1) is 10.0. The molecule has 0 radical (unpaired) electrons. The van der Waals surface area contributed by atoms with Crippen molar-refractivity contribution in [2.45, 2.75) is 19.7 Å². The summed E-state index contributed by atoms with van der Waals surface area (Å²) in [6, 6.07) is 14.9. The van der Waals surface area contributed by atoms with E-state index >= 15 is 0 Å². The lowest BCUT2D eigenvalue weighted by Gasteiger charge is -2.17. The second kappa shape index (κ2) is 7.52. The van der Waals surface area contributed by atoms with Crippen LogP contribution in [-0.2, 0) is 13.1 Å². The minimum atomic E-state index is -2.79. The first kappa shape index (κ1) is 15.9. The van der Waals surface area contributed by atoms with Crippen LogP contribution in [0, 0.1) is 0 Å². The van der Waals surface area contributed by atoms with Crippen LogP contribution >= 0.6 is 15.9 Å². The molecule has 0 bridgehead atoms. The van der Waals surface area contributed by atoms with Crippen LogP contribution in [0.25, 0.3) is 0 Å². The van der Waals surface area contributed by atoms with E-state index < -0.39 is 6.61 Å². The lowest BCUT2D eigenvalue weighted by Crippen LogP contribution is -2.17. The first-order valence-electron chi connectivity index (χ1n) is 6.49. The van der Waals surface area contributed by atoms with Gasteiger partial charge in [-0.3, -0.25) is 4.90 Å². The van der Waals surface area contributed by atoms with E-state index in [1.807, 2.05) is 25.2 Å². The Balaban J connectivity index is 1.95. The Morgan fingerprint density at radius 2 is 1.71 bits per heavy atom. The molecule has 2 rings (SSSR count). The number of hydrogen-bond donors (Lipinski definition) is 0. The Morgan fingerprint density at radius 3 is 2.38 bits per heavy atom. The molecule has 112 valence electrons. The largest absolute Gasteiger partial charge is 0.435 e. The van der Waals surface area contributed by atoms with Gasteiger partial charge in [0.2, 0.25) is 0 Å². The summed E-state index contributed by atoms with van der Waals surface area (Å²) < 4.78 is 29.9. The molecular formula is C16H16BrF2NO. The fourth-order valence-electron chi connectivity index (χ4n) is 2.09. The van der Waals surface area contributed by atoms with E-state index in [1.54, 1.807) is 12.1 Å². The summed E-state index contributed by atoms with van der Waals surface area (Å²) in [5.41, 5.74) is 2.13. The van der Waals surface area contributed by atoms with E-state index in [0.717, 1.165) is 16.6 Å². The van der Waals surface area contributed by atoms with Crippen LogP contribution in [0.3, 0.4) is 0 Å². The van der Waals surface area contributed by atoms with Crippen molar-refractivity contribution in [2.75, 3.05) is 7.05 Å². The third-order valence-corrected chi connectivity index (χ3v) is 3.47. The van der Waals surface area contributed by atoms with Crippen molar-refractivity contribution in [3.63, 3.8) is 0 Å². The van der Waals surface area contributed by atoms with Gasteiger partial charge in [0.05, 0.1) is 0 Å². The van der Waals surface area contributed by atoms with Gasteiger partial charge in [0.1, 0.15) is 5.75 Å². The summed E-state index contributed by atoms with van der Waals surface area (Å²) in [6.07, 6.45) is 0. The highest BCUT2D eigenvalue weighted by Crippen LogP contribution is 2.18. The zero-order valence-electron chi connectivity index (χ0n) is 11.6. The molecule has 0 spiro atoms. The van der Waals surface area contributed by atoms with Gasteiger partial charge in [0, 0.05) is 17.6 Å². The van der Waals surface area contributed by atoms with Crippen molar-refractivity contribution in [3.05, 3.63) is 64.1 Å². The van der Waals surface area contributed by atoms with Crippen molar-refractivity contribution in [1.82, 2.24) is 4.90 Å². The molecule has 0 amide bonds. The molecule has 0 N–H and O–H groups in total. The van der Waals surface area contributed by atoms with Crippen molar-refractivity contribution in [3.8, 4) is 5.75 Å². The van der Waals surface area contributed by atoms with E-state index in [2.05, 4.69) is 37.7 Å². The van der Waals surface area contributed by atoms with Crippen molar-refractivity contribution in [2.24, 2.45) is 0 Å². The number of halogens is 3. The van der Waals surface area contributed by atoms with E-state index in [0.29, 0.717) is 6.54 Å². The van der Waals surface area contributed by atoms with Crippen LogP contribution in [0.1, 0.15) is 11.1 Å². The summed E-state index contributed by atoms with van der Waals surface area (Å²) in [7, 11) is 1.99. The van der Waals surface area contributed by atoms with Gasteiger partial charge in [0.15, 0.2) is 0 Å². The Labute approximate surface area is 131 Å². The minimum Gasteiger partial charge on any atom is -0.435 e. The lowest BCUT2D eigenvalue weighted by atomic mass is 10.2. The van der Waals surface area contributed by atoms with Crippen molar-refractivity contribution >= 4 is 15.9 Å². The molecular weight excluding hydrogens is 340 g/mol. The Morgan fingerprint density at radius 1 is 1.05 bits per heavy atom. The quantitative estimate of drug-likeness (QED) is 0.745. The number of nitrogens with zero attached hydrogens (tertiary/aromatic N) is 1. The molecule has 2 aromatic carbocycles. The summed E-state index contributed by atoms with van der Waals surface area (Å²) in [6.45, 7) is -1.34. The highest BCUT2D eigenvalue weighted by Gasteiger charge is 2.06. The molecule has 0 aliphatic rings. The third-order valence-electron chi connectivity index (χ3n) is 2.94. The molecule has 2 aromatic rings. The van der Waals surface area contributed by atoms with Crippen molar-refractivity contribution in [1.29, 1.82) is 0 Å². The van der Waals surface area contributed by atoms with Gasteiger partial charge in [-0.05, 0) is 42.4 Å². The zero-order chi connectivity index (χ0) is 15.2. The lowest BCUT2D eigenvalue weighted by molar-refractivity contribution is -0.0499.